The van der Waals surface area contributed by atoms with Crippen molar-refractivity contribution in [1.29, 1.82) is 0 Å². The Balaban J connectivity index is 1.48. The number of aromatic nitrogens is 2. The topological polar surface area (TPSA) is 45.4 Å². The highest BCUT2D eigenvalue weighted by atomic mass is 19.1. The third kappa shape index (κ3) is 2.90. The lowest BCUT2D eigenvalue weighted by Gasteiger charge is -2.42. The van der Waals surface area contributed by atoms with Crippen LogP contribution in [0.4, 0.5) is 10.3 Å². The number of rotatable bonds is 3. The second-order valence-corrected chi connectivity index (χ2v) is 7.14. The van der Waals surface area contributed by atoms with E-state index in [1.807, 2.05) is 31.5 Å². The van der Waals surface area contributed by atoms with Gasteiger partial charge in [-0.1, -0.05) is 0 Å². The molecule has 4 rings (SSSR count). The normalized spacial score (nSPS) is 27.9. The van der Waals surface area contributed by atoms with Gasteiger partial charge in [0.2, 0.25) is 5.95 Å². The molecular weight excluding hydrogens is 307 g/mol. The van der Waals surface area contributed by atoms with Crippen molar-refractivity contribution in [2.45, 2.75) is 32.5 Å². The van der Waals surface area contributed by atoms with Crippen LogP contribution in [-0.2, 0) is 6.54 Å². The number of hydrogen-bond donors (Lipinski definition) is 0. The van der Waals surface area contributed by atoms with E-state index in [9.17, 15) is 4.39 Å². The summed E-state index contributed by atoms with van der Waals surface area (Å²) >= 11 is 0. The SMILES string of the molecule is Cc1cnc(N2CC[C@@H](F)[C@]3(CCN(Cc4ccco4)C3)C2)nc1. The Morgan fingerprint density at radius 2 is 2.12 bits per heavy atom. The van der Waals surface area contributed by atoms with E-state index in [4.69, 9.17) is 4.42 Å². The van der Waals surface area contributed by atoms with Gasteiger partial charge in [-0.3, -0.25) is 4.90 Å². The molecule has 5 nitrogen and oxygen atoms in total. The Morgan fingerprint density at radius 1 is 1.29 bits per heavy atom. The van der Waals surface area contributed by atoms with Gasteiger partial charge in [0.25, 0.3) is 0 Å². The molecule has 2 atom stereocenters. The first kappa shape index (κ1) is 15.6. The molecule has 2 aliphatic rings. The summed E-state index contributed by atoms with van der Waals surface area (Å²) in [6.07, 6.45) is 6.00. The van der Waals surface area contributed by atoms with Gasteiger partial charge in [0.05, 0.1) is 12.8 Å². The number of furan rings is 1. The average Bonchev–Trinajstić information content (AvgIpc) is 3.22. The zero-order chi connectivity index (χ0) is 16.6. The van der Waals surface area contributed by atoms with E-state index in [1.54, 1.807) is 6.26 Å². The lowest BCUT2D eigenvalue weighted by molar-refractivity contribution is 0.0857. The molecule has 2 saturated heterocycles. The van der Waals surface area contributed by atoms with Crippen molar-refractivity contribution in [3.05, 3.63) is 42.1 Å². The highest BCUT2D eigenvalue weighted by Gasteiger charge is 2.48. The zero-order valence-electron chi connectivity index (χ0n) is 14.0. The second-order valence-electron chi connectivity index (χ2n) is 7.14. The molecule has 2 aromatic rings. The van der Waals surface area contributed by atoms with E-state index in [1.165, 1.54) is 0 Å². The third-order valence-electron chi connectivity index (χ3n) is 5.30. The van der Waals surface area contributed by atoms with Crippen LogP contribution in [-0.4, -0.2) is 47.2 Å². The van der Waals surface area contributed by atoms with E-state index in [-0.39, 0.29) is 5.41 Å². The fourth-order valence-electron chi connectivity index (χ4n) is 3.98. The molecule has 4 heterocycles. The van der Waals surface area contributed by atoms with E-state index in [0.29, 0.717) is 19.5 Å². The number of anilines is 1. The van der Waals surface area contributed by atoms with E-state index in [2.05, 4.69) is 19.8 Å². The monoisotopic (exact) mass is 330 g/mol. The summed E-state index contributed by atoms with van der Waals surface area (Å²) in [5.74, 6) is 1.66. The van der Waals surface area contributed by atoms with Gasteiger partial charge in [0.1, 0.15) is 11.9 Å². The van der Waals surface area contributed by atoms with Crippen molar-refractivity contribution in [1.82, 2.24) is 14.9 Å². The smallest absolute Gasteiger partial charge is 0.225 e. The Bertz CT molecular complexity index is 675. The minimum absolute atomic E-state index is 0.320. The second kappa shape index (κ2) is 6.16. The number of likely N-dealkylation sites (tertiary alicyclic amines) is 1. The predicted octanol–water partition coefficient (Wildman–Crippen LogP) is 2.82. The Kier molecular flexibility index (Phi) is 4.00. The maximum Gasteiger partial charge on any atom is 0.225 e. The molecule has 128 valence electrons. The molecule has 6 heteroatoms. The van der Waals surface area contributed by atoms with E-state index >= 15 is 0 Å². The molecule has 0 radical (unpaired) electrons. The van der Waals surface area contributed by atoms with Gasteiger partial charge >= 0.3 is 0 Å². The van der Waals surface area contributed by atoms with Crippen LogP contribution < -0.4 is 4.90 Å². The standard InChI is InChI=1S/C18H23FN4O/c1-14-9-20-17(21-10-14)23-6-4-16(19)18(13-23)5-7-22(12-18)11-15-3-2-8-24-15/h2-3,8-10,16H,4-7,11-13H2,1H3/t16-,18+/m1/s1. The highest BCUT2D eigenvalue weighted by molar-refractivity contribution is 5.32. The molecule has 0 amide bonds. The van der Waals surface area contributed by atoms with Gasteiger partial charge in [0, 0.05) is 37.4 Å². The van der Waals surface area contributed by atoms with E-state index < -0.39 is 6.17 Å². The fraction of sp³-hybridized carbons (Fsp3) is 0.556. The summed E-state index contributed by atoms with van der Waals surface area (Å²) in [5.41, 5.74) is 0.721. The van der Waals surface area contributed by atoms with Crippen LogP contribution in [0.2, 0.25) is 0 Å². The number of hydrogen-bond acceptors (Lipinski definition) is 5. The number of aryl methyl sites for hydroxylation is 1. The van der Waals surface area contributed by atoms with Gasteiger partial charge in [-0.15, -0.1) is 0 Å². The summed E-state index contributed by atoms with van der Waals surface area (Å²) in [6.45, 7) is 5.77. The molecule has 0 N–H and O–H groups in total. The molecule has 1 spiro atoms. The predicted molar refractivity (Wildman–Crippen MR) is 89.5 cm³/mol. The minimum atomic E-state index is -0.763. The van der Waals surface area contributed by atoms with Gasteiger partial charge in [-0.25, -0.2) is 14.4 Å². The molecule has 0 bridgehead atoms. The van der Waals surface area contributed by atoms with Crippen LogP contribution >= 0.6 is 0 Å². The molecular formula is C18H23FN4O. The largest absolute Gasteiger partial charge is 0.468 e. The first-order valence-corrected chi connectivity index (χ1v) is 8.57. The molecule has 2 aliphatic heterocycles. The minimum Gasteiger partial charge on any atom is -0.468 e. The lowest BCUT2D eigenvalue weighted by Crippen LogP contribution is -2.52. The number of nitrogens with zero attached hydrogens (tertiary/aromatic N) is 4. The number of halogens is 1. The van der Waals surface area contributed by atoms with Crippen molar-refractivity contribution in [3.8, 4) is 0 Å². The molecule has 0 unspecified atom stereocenters. The summed E-state index contributed by atoms with van der Waals surface area (Å²) in [7, 11) is 0. The summed E-state index contributed by atoms with van der Waals surface area (Å²) in [4.78, 5) is 13.3. The van der Waals surface area contributed by atoms with Gasteiger partial charge < -0.3 is 9.32 Å². The van der Waals surface area contributed by atoms with Gasteiger partial charge in [-0.05, 0) is 44.0 Å². The van der Waals surface area contributed by atoms with Crippen molar-refractivity contribution >= 4 is 5.95 Å². The lowest BCUT2D eigenvalue weighted by atomic mass is 9.77. The van der Waals surface area contributed by atoms with Crippen LogP contribution in [0.25, 0.3) is 0 Å². The maximum absolute atomic E-state index is 14.8. The first-order chi connectivity index (χ1) is 11.6. The van der Waals surface area contributed by atoms with Crippen LogP contribution in [0.5, 0.6) is 0 Å². The molecule has 0 aliphatic carbocycles. The van der Waals surface area contributed by atoms with Gasteiger partial charge in [-0.2, -0.15) is 0 Å². The average molecular weight is 330 g/mol. The van der Waals surface area contributed by atoms with Crippen LogP contribution in [0.1, 0.15) is 24.2 Å². The van der Waals surface area contributed by atoms with Crippen molar-refractivity contribution in [2.75, 3.05) is 31.1 Å². The van der Waals surface area contributed by atoms with Crippen LogP contribution in [0.3, 0.4) is 0 Å². The Labute approximate surface area is 141 Å². The molecule has 2 aromatic heterocycles. The fourth-order valence-corrected chi connectivity index (χ4v) is 3.98. The van der Waals surface area contributed by atoms with Gasteiger partial charge in [0.15, 0.2) is 0 Å². The third-order valence-corrected chi connectivity index (χ3v) is 5.30. The Morgan fingerprint density at radius 3 is 2.88 bits per heavy atom. The molecule has 2 fully saturated rings. The summed E-state index contributed by atoms with van der Waals surface area (Å²) < 4.78 is 20.3. The maximum atomic E-state index is 14.8. The Hall–Kier alpha value is -1.95. The van der Waals surface area contributed by atoms with Crippen molar-refractivity contribution in [2.24, 2.45) is 5.41 Å². The van der Waals surface area contributed by atoms with E-state index in [0.717, 1.165) is 43.3 Å². The molecule has 0 saturated carbocycles. The highest BCUT2D eigenvalue weighted by Crippen LogP contribution is 2.42. The van der Waals surface area contributed by atoms with Crippen LogP contribution in [0.15, 0.2) is 35.2 Å². The van der Waals surface area contributed by atoms with Crippen molar-refractivity contribution < 1.29 is 8.81 Å². The summed E-state index contributed by atoms with van der Waals surface area (Å²) in [5, 5.41) is 0. The van der Waals surface area contributed by atoms with Crippen molar-refractivity contribution in [3.63, 3.8) is 0 Å². The molecule has 24 heavy (non-hydrogen) atoms. The summed E-state index contributed by atoms with van der Waals surface area (Å²) in [6, 6.07) is 3.88. The van der Waals surface area contributed by atoms with Crippen LogP contribution in [0, 0.1) is 12.3 Å². The quantitative estimate of drug-likeness (QED) is 0.866. The first-order valence-electron chi connectivity index (χ1n) is 8.57. The molecule has 0 aromatic carbocycles. The zero-order valence-corrected chi connectivity index (χ0v) is 14.0. The number of alkyl halides is 1. The number of piperidine rings is 1.